The van der Waals surface area contributed by atoms with Crippen molar-refractivity contribution in [1.82, 2.24) is 0 Å². The second kappa shape index (κ2) is 3.93. The number of aliphatic imine (C=N–C) groups is 1. The number of benzene rings is 1. The highest BCUT2D eigenvalue weighted by Gasteiger charge is 2.21. The summed E-state index contributed by atoms with van der Waals surface area (Å²) in [6, 6.07) is 7.83. The van der Waals surface area contributed by atoms with Crippen molar-refractivity contribution in [1.29, 1.82) is 0 Å². The molecule has 2 heterocycles. The van der Waals surface area contributed by atoms with E-state index >= 15 is 0 Å². The van der Waals surface area contributed by atoms with Crippen molar-refractivity contribution in [3.63, 3.8) is 0 Å². The van der Waals surface area contributed by atoms with Crippen LogP contribution in [0.1, 0.15) is 27.0 Å². The highest BCUT2D eigenvalue weighted by molar-refractivity contribution is 7.08. The van der Waals surface area contributed by atoms with Crippen LogP contribution in [0, 0.1) is 6.92 Å². The first-order valence-corrected chi connectivity index (χ1v) is 6.43. The molecule has 0 unspecified atom stereocenters. The summed E-state index contributed by atoms with van der Waals surface area (Å²) in [6.07, 6.45) is 0.754. The molecule has 2 nitrogen and oxygen atoms in total. The molecule has 1 aliphatic rings. The van der Waals surface area contributed by atoms with E-state index in [-0.39, 0.29) is 5.91 Å². The summed E-state index contributed by atoms with van der Waals surface area (Å²) in [4.78, 5) is 16.2. The normalized spacial score (nSPS) is 14.4. The first-order valence-electron chi connectivity index (χ1n) is 5.48. The number of hydrogen-bond acceptors (Lipinski definition) is 2. The van der Waals surface area contributed by atoms with E-state index in [1.54, 1.807) is 11.3 Å². The Hall–Kier alpha value is -1.74. The molecule has 0 fully saturated rings. The predicted octanol–water partition coefficient (Wildman–Crippen LogP) is 3.24. The highest BCUT2D eigenvalue weighted by Crippen LogP contribution is 2.23. The average molecular weight is 241 g/mol. The second-order valence-corrected chi connectivity index (χ2v) is 4.93. The zero-order valence-corrected chi connectivity index (χ0v) is 10.3. The van der Waals surface area contributed by atoms with Crippen LogP contribution in [0.5, 0.6) is 0 Å². The molecule has 84 valence electrons. The first kappa shape index (κ1) is 10.4. The third kappa shape index (κ3) is 1.72. The molecular weight excluding hydrogens is 230 g/mol. The summed E-state index contributed by atoms with van der Waals surface area (Å²) in [5.41, 5.74) is 4.99. The van der Waals surface area contributed by atoms with Crippen LogP contribution in [0.4, 0.5) is 0 Å². The molecule has 0 saturated heterocycles. The SMILES string of the molecule is Cc1cccc2c1CC(c1ccsc1)=NC2=O. The van der Waals surface area contributed by atoms with Crippen LogP contribution in [-0.4, -0.2) is 11.6 Å². The van der Waals surface area contributed by atoms with Crippen molar-refractivity contribution in [3.05, 3.63) is 57.3 Å². The van der Waals surface area contributed by atoms with Crippen LogP contribution in [0.15, 0.2) is 40.0 Å². The van der Waals surface area contributed by atoms with E-state index in [9.17, 15) is 4.79 Å². The Morgan fingerprint density at radius 2 is 2.18 bits per heavy atom. The fraction of sp³-hybridized carbons (Fsp3) is 0.143. The zero-order valence-electron chi connectivity index (χ0n) is 9.43. The maximum absolute atomic E-state index is 12.0. The van der Waals surface area contributed by atoms with Crippen LogP contribution in [0.2, 0.25) is 0 Å². The topological polar surface area (TPSA) is 29.4 Å². The molecule has 0 aliphatic carbocycles. The van der Waals surface area contributed by atoms with Crippen LogP contribution in [-0.2, 0) is 6.42 Å². The molecule has 3 rings (SSSR count). The number of thiophene rings is 1. The molecule has 0 bridgehead atoms. The standard InChI is InChI=1S/C14H11NOS/c1-9-3-2-4-11-12(9)7-13(15-14(11)16)10-5-6-17-8-10/h2-6,8H,7H2,1H3. The van der Waals surface area contributed by atoms with E-state index in [4.69, 9.17) is 0 Å². The van der Waals surface area contributed by atoms with Crippen LogP contribution < -0.4 is 0 Å². The monoisotopic (exact) mass is 241 g/mol. The van der Waals surface area contributed by atoms with Gasteiger partial charge < -0.3 is 0 Å². The van der Waals surface area contributed by atoms with Gasteiger partial charge in [-0.15, -0.1) is 0 Å². The van der Waals surface area contributed by atoms with Gasteiger partial charge in [0, 0.05) is 17.5 Å². The average Bonchev–Trinajstić information content (AvgIpc) is 2.84. The number of nitrogens with zero attached hydrogens (tertiary/aromatic N) is 1. The first-order chi connectivity index (χ1) is 8.25. The Morgan fingerprint density at radius 1 is 1.29 bits per heavy atom. The van der Waals surface area contributed by atoms with Gasteiger partial charge in [0.2, 0.25) is 0 Å². The Bertz CT molecular complexity index is 611. The van der Waals surface area contributed by atoms with Crippen molar-refractivity contribution < 1.29 is 4.79 Å². The number of hydrogen-bond donors (Lipinski definition) is 0. The van der Waals surface area contributed by atoms with Gasteiger partial charge in [0.05, 0.1) is 5.71 Å². The largest absolute Gasteiger partial charge is 0.277 e. The lowest BCUT2D eigenvalue weighted by Gasteiger charge is -2.16. The molecule has 1 amide bonds. The second-order valence-electron chi connectivity index (χ2n) is 4.15. The molecular formula is C14H11NOS. The fourth-order valence-electron chi connectivity index (χ4n) is 2.12. The molecule has 1 aromatic carbocycles. The number of carbonyl (C=O) groups excluding carboxylic acids is 1. The fourth-order valence-corrected chi connectivity index (χ4v) is 2.79. The number of fused-ring (bicyclic) bond motifs is 1. The predicted molar refractivity (Wildman–Crippen MR) is 70.1 cm³/mol. The van der Waals surface area contributed by atoms with Gasteiger partial charge in [-0.1, -0.05) is 12.1 Å². The summed E-state index contributed by atoms with van der Waals surface area (Å²) < 4.78 is 0. The Morgan fingerprint density at radius 3 is 2.94 bits per heavy atom. The molecule has 0 N–H and O–H groups in total. The number of aryl methyl sites for hydroxylation is 1. The maximum Gasteiger partial charge on any atom is 0.277 e. The summed E-state index contributed by atoms with van der Waals surface area (Å²) in [7, 11) is 0. The summed E-state index contributed by atoms with van der Waals surface area (Å²) in [5, 5.41) is 4.05. The lowest BCUT2D eigenvalue weighted by molar-refractivity contribution is 0.1000. The summed E-state index contributed by atoms with van der Waals surface area (Å²) in [5.74, 6) is -0.115. The molecule has 3 heteroatoms. The van der Waals surface area contributed by atoms with Gasteiger partial charge in [-0.2, -0.15) is 11.3 Å². The van der Waals surface area contributed by atoms with E-state index in [0.717, 1.165) is 28.8 Å². The lowest BCUT2D eigenvalue weighted by Crippen LogP contribution is -2.18. The molecule has 1 aliphatic heterocycles. The summed E-state index contributed by atoms with van der Waals surface area (Å²) in [6.45, 7) is 2.04. The van der Waals surface area contributed by atoms with E-state index in [1.165, 1.54) is 5.56 Å². The van der Waals surface area contributed by atoms with Crippen molar-refractivity contribution >= 4 is 23.0 Å². The highest BCUT2D eigenvalue weighted by atomic mass is 32.1. The Labute approximate surface area is 104 Å². The smallest absolute Gasteiger partial charge is 0.267 e. The molecule has 0 saturated carbocycles. The minimum absolute atomic E-state index is 0.115. The van der Waals surface area contributed by atoms with Gasteiger partial charge >= 0.3 is 0 Å². The van der Waals surface area contributed by atoms with Gasteiger partial charge in [0.1, 0.15) is 0 Å². The number of rotatable bonds is 1. The van der Waals surface area contributed by atoms with Gasteiger partial charge in [-0.05, 0) is 40.9 Å². The Kier molecular flexibility index (Phi) is 2.41. The molecule has 2 aromatic rings. The van der Waals surface area contributed by atoms with E-state index in [1.807, 2.05) is 41.9 Å². The summed E-state index contributed by atoms with van der Waals surface area (Å²) >= 11 is 1.63. The molecule has 0 atom stereocenters. The third-order valence-electron chi connectivity index (χ3n) is 3.08. The van der Waals surface area contributed by atoms with Gasteiger partial charge in [0.25, 0.3) is 5.91 Å². The van der Waals surface area contributed by atoms with Crippen LogP contribution in [0.3, 0.4) is 0 Å². The van der Waals surface area contributed by atoms with E-state index < -0.39 is 0 Å². The van der Waals surface area contributed by atoms with Crippen molar-refractivity contribution in [3.8, 4) is 0 Å². The minimum atomic E-state index is -0.115. The molecule has 1 aromatic heterocycles. The van der Waals surface area contributed by atoms with Gasteiger partial charge in [0.15, 0.2) is 0 Å². The van der Waals surface area contributed by atoms with Crippen molar-refractivity contribution in [2.24, 2.45) is 4.99 Å². The van der Waals surface area contributed by atoms with Crippen molar-refractivity contribution in [2.75, 3.05) is 0 Å². The zero-order chi connectivity index (χ0) is 11.8. The Balaban J connectivity index is 2.10. The molecule has 17 heavy (non-hydrogen) atoms. The van der Waals surface area contributed by atoms with Crippen LogP contribution >= 0.6 is 11.3 Å². The van der Waals surface area contributed by atoms with Crippen LogP contribution in [0.25, 0.3) is 0 Å². The maximum atomic E-state index is 12.0. The van der Waals surface area contributed by atoms with E-state index in [2.05, 4.69) is 4.99 Å². The molecule has 0 spiro atoms. The van der Waals surface area contributed by atoms with E-state index in [0.29, 0.717) is 0 Å². The quantitative estimate of drug-likeness (QED) is 0.753. The van der Waals surface area contributed by atoms with Gasteiger partial charge in [-0.25, -0.2) is 4.99 Å². The number of amides is 1. The lowest BCUT2D eigenvalue weighted by atomic mass is 9.92. The number of carbonyl (C=O) groups is 1. The molecule has 0 radical (unpaired) electrons. The van der Waals surface area contributed by atoms with Crippen molar-refractivity contribution in [2.45, 2.75) is 13.3 Å². The van der Waals surface area contributed by atoms with Gasteiger partial charge in [-0.3, -0.25) is 4.79 Å². The minimum Gasteiger partial charge on any atom is -0.267 e. The third-order valence-corrected chi connectivity index (χ3v) is 3.76.